The van der Waals surface area contributed by atoms with Crippen molar-refractivity contribution in [1.29, 1.82) is 0 Å². The van der Waals surface area contributed by atoms with Gasteiger partial charge in [0, 0.05) is 17.9 Å². The molecule has 0 fully saturated rings. The molecule has 2 aromatic rings. The minimum absolute atomic E-state index is 0.111. The zero-order valence-corrected chi connectivity index (χ0v) is 17.0. The fraction of sp³-hybridized carbons (Fsp3) is 0.458. The average Bonchev–Trinajstić information content (AvgIpc) is 2.65. The van der Waals surface area contributed by atoms with Gasteiger partial charge >= 0.3 is 5.97 Å². The molecule has 0 aliphatic rings. The number of esters is 1. The summed E-state index contributed by atoms with van der Waals surface area (Å²) in [6.07, 6.45) is 4.26. The van der Waals surface area contributed by atoms with E-state index in [2.05, 4.69) is 44.2 Å². The van der Waals surface area contributed by atoms with Crippen LogP contribution in [0, 0.1) is 20.8 Å². The summed E-state index contributed by atoms with van der Waals surface area (Å²) in [5.41, 5.74) is 5.58. The van der Waals surface area contributed by atoms with Crippen LogP contribution in [0.25, 0.3) is 0 Å². The minimum Gasteiger partial charge on any atom is -0.507 e. The molecular formula is C24H32O3. The first-order chi connectivity index (χ1) is 13.0. The molecule has 2 rings (SSSR count). The Labute approximate surface area is 163 Å². The lowest BCUT2D eigenvalue weighted by atomic mass is 9.82. The molecule has 0 aliphatic heterocycles. The summed E-state index contributed by atoms with van der Waals surface area (Å²) >= 11 is 0. The third-order valence-corrected chi connectivity index (χ3v) is 5.29. The molecule has 0 radical (unpaired) electrons. The van der Waals surface area contributed by atoms with E-state index in [0.717, 1.165) is 36.8 Å². The largest absolute Gasteiger partial charge is 0.507 e. The van der Waals surface area contributed by atoms with Crippen LogP contribution in [0.1, 0.15) is 72.8 Å². The van der Waals surface area contributed by atoms with Gasteiger partial charge in [0.05, 0.1) is 6.61 Å². The van der Waals surface area contributed by atoms with E-state index < -0.39 is 0 Å². The molecule has 0 saturated heterocycles. The summed E-state index contributed by atoms with van der Waals surface area (Å²) < 4.78 is 4.99. The highest BCUT2D eigenvalue weighted by atomic mass is 16.5. The molecule has 0 aliphatic carbocycles. The number of phenolic OH excluding ortho intramolecular Hbond substituents is 1. The number of aromatic hydroxyl groups is 1. The Morgan fingerprint density at radius 2 is 1.74 bits per heavy atom. The molecule has 1 unspecified atom stereocenters. The highest BCUT2D eigenvalue weighted by molar-refractivity contribution is 5.69. The second-order valence-electron chi connectivity index (χ2n) is 7.27. The van der Waals surface area contributed by atoms with Crippen molar-refractivity contribution in [1.82, 2.24) is 0 Å². The Balaban J connectivity index is 2.16. The van der Waals surface area contributed by atoms with Gasteiger partial charge in [0.1, 0.15) is 5.75 Å². The highest BCUT2D eigenvalue weighted by Gasteiger charge is 2.22. The average molecular weight is 369 g/mol. The second kappa shape index (κ2) is 10.1. The van der Waals surface area contributed by atoms with E-state index in [-0.39, 0.29) is 11.9 Å². The highest BCUT2D eigenvalue weighted by Crippen LogP contribution is 2.40. The Bertz CT molecular complexity index is 724. The Morgan fingerprint density at radius 1 is 1.04 bits per heavy atom. The standard InChI is InChI=1S/C24H32O3/c1-5-27-22(25)15-11-7-10-14-21(20-12-8-6-9-13-20)23-19(4)17(2)16-18(3)24(23)26/h6,8-9,12-13,16,21,26H,5,7,10-11,14-15H2,1-4H3. The van der Waals surface area contributed by atoms with Crippen LogP contribution < -0.4 is 0 Å². The van der Waals surface area contributed by atoms with E-state index in [9.17, 15) is 9.90 Å². The van der Waals surface area contributed by atoms with E-state index >= 15 is 0 Å². The number of hydrogen-bond acceptors (Lipinski definition) is 3. The number of hydrogen-bond donors (Lipinski definition) is 1. The van der Waals surface area contributed by atoms with Crippen LogP contribution >= 0.6 is 0 Å². The number of rotatable bonds is 9. The van der Waals surface area contributed by atoms with Crippen molar-refractivity contribution < 1.29 is 14.6 Å². The van der Waals surface area contributed by atoms with Gasteiger partial charge in [-0.3, -0.25) is 4.79 Å². The fourth-order valence-corrected chi connectivity index (χ4v) is 3.72. The number of carbonyl (C=O) groups is 1. The predicted molar refractivity (Wildman–Crippen MR) is 110 cm³/mol. The van der Waals surface area contributed by atoms with E-state index in [1.807, 2.05) is 19.9 Å². The van der Waals surface area contributed by atoms with E-state index in [0.29, 0.717) is 18.8 Å². The number of unbranched alkanes of at least 4 members (excludes halogenated alkanes) is 2. The summed E-state index contributed by atoms with van der Waals surface area (Å²) in [7, 11) is 0. The zero-order chi connectivity index (χ0) is 19.8. The van der Waals surface area contributed by atoms with E-state index in [4.69, 9.17) is 4.74 Å². The maximum absolute atomic E-state index is 11.5. The molecule has 0 amide bonds. The van der Waals surface area contributed by atoms with E-state index in [1.165, 1.54) is 16.7 Å². The summed E-state index contributed by atoms with van der Waals surface area (Å²) in [5.74, 6) is 0.464. The molecule has 0 heterocycles. The van der Waals surface area contributed by atoms with Gasteiger partial charge in [-0.05, 0) is 62.8 Å². The van der Waals surface area contributed by atoms with Crippen LogP contribution in [0.15, 0.2) is 36.4 Å². The number of benzene rings is 2. The summed E-state index contributed by atoms with van der Waals surface area (Å²) in [6, 6.07) is 12.5. The van der Waals surface area contributed by atoms with Gasteiger partial charge in [0.25, 0.3) is 0 Å². The lowest BCUT2D eigenvalue weighted by Gasteiger charge is -2.23. The van der Waals surface area contributed by atoms with Gasteiger partial charge in [-0.2, -0.15) is 0 Å². The van der Waals surface area contributed by atoms with Crippen LogP contribution in [0.5, 0.6) is 5.75 Å². The molecule has 3 heteroatoms. The van der Waals surface area contributed by atoms with Gasteiger partial charge in [-0.15, -0.1) is 0 Å². The third-order valence-electron chi connectivity index (χ3n) is 5.29. The maximum Gasteiger partial charge on any atom is 0.305 e. The van der Waals surface area contributed by atoms with Crippen LogP contribution in [-0.4, -0.2) is 17.7 Å². The normalized spacial score (nSPS) is 12.0. The van der Waals surface area contributed by atoms with Crippen LogP contribution in [0.2, 0.25) is 0 Å². The molecule has 146 valence electrons. The van der Waals surface area contributed by atoms with Crippen LogP contribution in [-0.2, 0) is 9.53 Å². The monoisotopic (exact) mass is 368 g/mol. The van der Waals surface area contributed by atoms with Gasteiger partial charge < -0.3 is 9.84 Å². The molecule has 0 spiro atoms. The number of carbonyl (C=O) groups excluding carboxylic acids is 1. The smallest absolute Gasteiger partial charge is 0.305 e. The third kappa shape index (κ3) is 5.59. The van der Waals surface area contributed by atoms with Gasteiger partial charge in [-0.25, -0.2) is 0 Å². The molecule has 1 N–H and O–H groups in total. The van der Waals surface area contributed by atoms with Crippen LogP contribution in [0.4, 0.5) is 0 Å². The first kappa shape index (κ1) is 21.0. The molecule has 0 bridgehead atoms. The Morgan fingerprint density at radius 3 is 2.41 bits per heavy atom. The first-order valence-corrected chi connectivity index (χ1v) is 9.95. The van der Waals surface area contributed by atoms with Gasteiger partial charge in [0.2, 0.25) is 0 Å². The summed E-state index contributed by atoms with van der Waals surface area (Å²) in [6.45, 7) is 8.45. The molecule has 0 saturated carbocycles. The summed E-state index contributed by atoms with van der Waals surface area (Å²) in [5, 5.41) is 10.8. The van der Waals surface area contributed by atoms with Crippen molar-refractivity contribution in [3.8, 4) is 5.75 Å². The number of phenols is 1. The van der Waals surface area contributed by atoms with E-state index in [1.54, 1.807) is 0 Å². The molecular weight excluding hydrogens is 336 g/mol. The Kier molecular flexibility index (Phi) is 7.90. The van der Waals surface area contributed by atoms with Gasteiger partial charge in [0.15, 0.2) is 0 Å². The Hall–Kier alpha value is -2.29. The topological polar surface area (TPSA) is 46.5 Å². The molecule has 0 aromatic heterocycles. The van der Waals surface area contributed by atoms with Crippen molar-refractivity contribution >= 4 is 5.97 Å². The SMILES string of the molecule is CCOC(=O)CCCCCC(c1ccccc1)c1c(C)c(C)cc(C)c1O. The van der Waals surface area contributed by atoms with Crippen molar-refractivity contribution in [2.75, 3.05) is 6.61 Å². The molecule has 1 atom stereocenters. The quantitative estimate of drug-likeness (QED) is 0.438. The number of aryl methyl sites for hydroxylation is 2. The second-order valence-corrected chi connectivity index (χ2v) is 7.27. The van der Waals surface area contributed by atoms with Crippen LogP contribution in [0.3, 0.4) is 0 Å². The lowest BCUT2D eigenvalue weighted by Crippen LogP contribution is -2.07. The lowest BCUT2D eigenvalue weighted by molar-refractivity contribution is -0.143. The van der Waals surface area contributed by atoms with Gasteiger partial charge in [-0.1, -0.05) is 49.2 Å². The van der Waals surface area contributed by atoms with Crippen molar-refractivity contribution in [3.05, 3.63) is 64.2 Å². The molecule has 3 nitrogen and oxygen atoms in total. The number of ether oxygens (including phenoxy) is 1. The molecule has 2 aromatic carbocycles. The van der Waals surface area contributed by atoms with Crippen molar-refractivity contribution in [2.24, 2.45) is 0 Å². The van der Waals surface area contributed by atoms with Crippen molar-refractivity contribution in [3.63, 3.8) is 0 Å². The van der Waals surface area contributed by atoms with Crippen molar-refractivity contribution in [2.45, 2.75) is 65.7 Å². The maximum atomic E-state index is 11.5. The fourth-order valence-electron chi connectivity index (χ4n) is 3.72. The molecule has 27 heavy (non-hydrogen) atoms. The predicted octanol–water partition coefficient (Wildman–Crippen LogP) is 5.96. The summed E-state index contributed by atoms with van der Waals surface area (Å²) in [4.78, 5) is 11.5. The first-order valence-electron chi connectivity index (χ1n) is 9.95. The zero-order valence-electron chi connectivity index (χ0n) is 17.0. The minimum atomic E-state index is -0.111.